The van der Waals surface area contributed by atoms with E-state index in [1.54, 1.807) is 23.7 Å². The van der Waals surface area contributed by atoms with Crippen molar-refractivity contribution >= 4 is 17.6 Å². The molecule has 0 saturated heterocycles. The van der Waals surface area contributed by atoms with Gasteiger partial charge >= 0.3 is 0 Å². The summed E-state index contributed by atoms with van der Waals surface area (Å²) >= 11 is 1.57. The van der Waals surface area contributed by atoms with Crippen molar-refractivity contribution in [3.8, 4) is 11.5 Å². The van der Waals surface area contributed by atoms with Crippen LogP contribution in [0.15, 0.2) is 62.6 Å². The highest BCUT2D eigenvalue weighted by Crippen LogP contribution is 2.58. The van der Waals surface area contributed by atoms with E-state index in [0.717, 1.165) is 28.6 Å². The third-order valence-corrected chi connectivity index (χ3v) is 6.50. The number of furan rings is 1. The van der Waals surface area contributed by atoms with Crippen LogP contribution >= 0.6 is 11.3 Å². The number of fused-ring (bicyclic) bond motifs is 1. The first-order valence-electron chi connectivity index (χ1n) is 8.71. The fraction of sp³-hybridized carbons (Fsp3) is 0.400. The van der Waals surface area contributed by atoms with Gasteiger partial charge in [0.2, 0.25) is 4.80 Å². The summed E-state index contributed by atoms with van der Waals surface area (Å²) < 4.78 is 7.45. The van der Waals surface area contributed by atoms with Crippen LogP contribution in [-0.2, 0) is 0 Å². The lowest BCUT2D eigenvalue weighted by Crippen LogP contribution is -2.48. The first kappa shape index (κ1) is 16.3. The molecule has 130 valence electrons. The van der Waals surface area contributed by atoms with Crippen LogP contribution in [0.4, 0.5) is 0 Å². The second kappa shape index (κ2) is 6.30. The predicted octanol–water partition coefficient (Wildman–Crippen LogP) is 4.72. The summed E-state index contributed by atoms with van der Waals surface area (Å²) in [5.74, 6) is 2.25. The van der Waals surface area contributed by atoms with Crippen LogP contribution in [-0.4, -0.2) is 17.4 Å². The molecule has 2 bridgehead atoms. The molecule has 25 heavy (non-hydrogen) atoms. The van der Waals surface area contributed by atoms with E-state index in [-0.39, 0.29) is 0 Å². The van der Waals surface area contributed by atoms with E-state index in [1.165, 1.54) is 12.0 Å². The zero-order valence-electron chi connectivity index (χ0n) is 14.7. The number of nitrogens with zero attached hydrogens (tertiary/aromatic N) is 3. The molecule has 2 aromatic heterocycles. The van der Waals surface area contributed by atoms with E-state index in [0.29, 0.717) is 17.9 Å². The summed E-state index contributed by atoms with van der Waals surface area (Å²) in [5.41, 5.74) is 2.68. The van der Waals surface area contributed by atoms with Gasteiger partial charge in [-0.1, -0.05) is 26.0 Å². The van der Waals surface area contributed by atoms with Gasteiger partial charge in [0, 0.05) is 5.38 Å². The second-order valence-electron chi connectivity index (χ2n) is 7.31. The molecule has 0 aromatic carbocycles. The highest BCUT2D eigenvalue weighted by atomic mass is 32.1. The van der Waals surface area contributed by atoms with E-state index < -0.39 is 0 Å². The monoisotopic (exact) mass is 353 g/mol. The Morgan fingerprint density at radius 2 is 2.36 bits per heavy atom. The van der Waals surface area contributed by atoms with Gasteiger partial charge in [-0.05, 0) is 47.8 Å². The van der Waals surface area contributed by atoms with Crippen molar-refractivity contribution in [2.24, 2.45) is 27.3 Å². The summed E-state index contributed by atoms with van der Waals surface area (Å²) in [6.45, 7) is 9.08. The molecule has 2 aromatic rings. The third kappa shape index (κ3) is 2.76. The maximum atomic E-state index is 5.57. The molecule has 1 saturated carbocycles. The van der Waals surface area contributed by atoms with Crippen LogP contribution < -0.4 is 4.80 Å². The zero-order valence-corrected chi connectivity index (χ0v) is 15.5. The van der Waals surface area contributed by atoms with Crippen molar-refractivity contribution in [2.45, 2.75) is 26.7 Å². The second-order valence-corrected chi connectivity index (χ2v) is 8.15. The Morgan fingerprint density at radius 3 is 3.04 bits per heavy atom. The van der Waals surface area contributed by atoms with Gasteiger partial charge in [0.05, 0.1) is 19.0 Å². The van der Waals surface area contributed by atoms with E-state index in [2.05, 4.69) is 31.5 Å². The molecular formula is C20H23N3OS. The minimum Gasteiger partial charge on any atom is -0.463 e. The molecule has 2 atom stereocenters. The van der Waals surface area contributed by atoms with E-state index in [4.69, 9.17) is 9.52 Å². The average Bonchev–Trinajstić information content (AvgIpc) is 3.27. The summed E-state index contributed by atoms with van der Waals surface area (Å²) in [4.78, 5) is 5.42. The minimum atomic E-state index is 0.398. The number of rotatable bonds is 5. The molecule has 2 unspecified atom stereocenters. The molecule has 3 aliphatic rings. The smallest absolute Gasteiger partial charge is 0.206 e. The Bertz CT molecular complexity index is 896. The highest BCUT2D eigenvalue weighted by molar-refractivity contribution is 7.07. The van der Waals surface area contributed by atoms with Crippen molar-refractivity contribution in [3.63, 3.8) is 0 Å². The standard InChI is InChI=1S/C20H23N3OS/c1-4-9-21-19-23(17(13-25-19)18-6-5-10-24-18)22-12-14-7-8-15-11-16(14)20(15,2)3/h4-7,10,12-13,15-16H,1,8-9,11H2,2-3H3/b21-19?,22-12+. The first-order valence-corrected chi connectivity index (χ1v) is 9.59. The Kier molecular flexibility index (Phi) is 4.12. The maximum Gasteiger partial charge on any atom is 0.206 e. The first-order chi connectivity index (χ1) is 12.1. The third-order valence-electron chi connectivity index (χ3n) is 5.65. The van der Waals surface area contributed by atoms with Crippen LogP contribution in [0.3, 0.4) is 0 Å². The van der Waals surface area contributed by atoms with Gasteiger partial charge in [-0.2, -0.15) is 5.10 Å². The molecule has 0 amide bonds. The number of aromatic nitrogens is 1. The van der Waals surface area contributed by atoms with Crippen LogP contribution in [0, 0.1) is 17.3 Å². The van der Waals surface area contributed by atoms with Crippen LogP contribution in [0.1, 0.15) is 26.7 Å². The van der Waals surface area contributed by atoms with Gasteiger partial charge in [0.15, 0.2) is 5.76 Å². The molecule has 5 rings (SSSR count). The lowest BCUT2D eigenvalue weighted by molar-refractivity contribution is -0.00126. The van der Waals surface area contributed by atoms with Crippen molar-refractivity contribution < 1.29 is 4.42 Å². The lowest BCUT2D eigenvalue weighted by Gasteiger charge is -2.55. The number of hydrogen-bond donors (Lipinski definition) is 0. The van der Waals surface area contributed by atoms with Gasteiger partial charge in [0.25, 0.3) is 0 Å². The van der Waals surface area contributed by atoms with Crippen molar-refractivity contribution in [1.29, 1.82) is 0 Å². The molecule has 0 aliphatic heterocycles. The summed E-state index contributed by atoms with van der Waals surface area (Å²) in [6, 6.07) is 3.84. The van der Waals surface area contributed by atoms with Gasteiger partial charge in [-0.15, -0.1) is 17.9 Å². The number of allylic oxidation sites excluding steroid dienone is 2. The topological polar surface area (TPSA) is 42.8 Å². The number of thiazole rings is 1. The number of hydrogen-bond acceptors (Lipinski definition) is 4. The zero-order chi connectivity index (χ0) is 17.4. The maximum absolute atomic E-state index is 5.57. The summed E-state index contributed by atoms with van der Waals surface area (Å²) in [7, 11) is 0. The molecule has 0 N–H and O–H groups in total. The molecule has 3 aliphatic carbocycles. The lowest BCUT2D eigenvalue weighted by atomic mass is 9.49. The molecule has 2 heterocycles. The van der Waals surface area contributed by atoms with Crippen LogP contribution in [0.25, 0.3) is 11.5 Å². The molecule has 4 nitrogen and oxygen atoms in total. The van der Waals surface area contributed by atoms with Gasteiger partial charge in [0.1, 0.15) is 5.69 Å². The SMILES string of the molecule is C=CCN=c1scc(-c2ccco2)n1/N=C/C1=CCC2CC1C2(C)C. The minimum absolute atomic E-state index is 0.398. The Morgan fingerprint density at radius 1 is 1.48 bits per heavy atom. The van der Waals surface area contributed by atoms with Crippen molar-refractivity contribution in [2.75, 3.05) is 6.54 Å². The largest absolute Gasteiger partial charge is 0.463 e. The van der Waals surface area contributed by atoms with Crippen molar-refractivity contribution in [3.05, 3.63) is 52.9 Å². The van der Waals surface area contributed by atoms with Crippen molar-refractivity contribution in [1.82, 2.24) is 4.68 Å². The van der Waals surface area contributed by atoms with Gasteiger partial charge in [-0.25, -0.2) is 4.68 Å². The van der Waals surface area contributed by atoms with Gasteiger partial charge < -0.3 is 4.42 Å². The van der Waals surface area contributed by atoms with Crippen LogP contribution in [0.5, 0.6) is 0 Å². The average molecular weight is 353 g/mol. The Labute approximate surface area is 151 Å². The quantitative estimate of drug-likeness (QED) is 0.566. The fourth-order valence-electron chi connectivity index (χ4n) is 3.93. The Hall–Kier alpha value is -2.14. The predicted molar refractivity (Wildman–Crippen MR) is 103 cm³/mol. The fourth-order valence-corrected chi connectivity index (χ4v) is 4.75. The molecule has 0 radical (unpaired) electrons. The van der Waals surface area contributed by atoms with Gasteiger partial charge in [-0.3, -0.25) is 4.99 Å². The normalized spacial score (nSPS) is 25.0. The molecule has 5 heteroatoms. The molecule has 1 fully saturated rings. The summed E-state index contributed by atoms with van der Waals surface area (Å²) in [5, 5.41) is 6.82. The highest BCUT2D eigenvalue weighted by Gasteiger charge is 2.50. The van der Waals surface area contributed by atoms with E-state index in [1.807, 2.05) is 28.4 Å². The molecule has 0 spiro atoms. The summed E-state index contributed by atoms with van der Waals surface area (Å²) in [6.07, 6.45) is 10.3. The van der Waals surface area contributed by atoms with E-state index in [9.17, 15) is 0 Å². The molecular weight excluding hydrogens is 330 g/mol. The van der Waals surface area contributed by atoms with E-state index >= 15 is 0 Å². The Balaban J connectivity index is 1.71. The van der Waals surface area contributed by atoms with Crippen LogP contribution in [0.2, 0.25) is 0 Å².